The normalized spacial score (nSPS) is 11.1. The van der Waals surface area contributed by atoms with Crippen molar-refractivity contribution < 1.29 is 22.7 Å². The van der Waals surface area contributed by atoms with Crippen LogP contribution in [0.15, 0.2) is 59.5 Å². The summed E-state index contributed by atoms with van der Waals surface area (Å²) in [6.45, 7) is 1.18. The zero-order valence-electron chi connectivity index (χ0n) is 18.4. The topological polar surface area (TPSA) is 84.9 Å². The maximum atomic E-state index is 13.8. The third kappa shape index (κ3) is 5.88. The van der Waals surface area contributed by atoms with Crippen LogP contribution in [-0.4, -0.2) is 35.1 Å². The first-order valence-corrected chi connectivity index (χ1v) is 12.4. The number of methoxy groups -OCH3 is 2. The molecule has 7 nitrogen and oxygen atoms in total. The quantitative estimate of drug-likeness (QED) is 0.388. The van der Waals surface area contributed by atoms with Crippen LogP contribution in [0.25, 0.3) is 0 Å². The van der Waals surface area contributed by atoms with Crippen LogP contribution in [0.4, 0.5) is 11.4 Å². The standard InChI is InChI=1S/C23H21Cl3N2O5S/c1-14-4-6-21(33-3)22(8-14)34(30,31)28(18-10-15(24)9-16(25)11-18)13-23(29)27-17-5-7-20(32-2)19(26)12-17/h4-12H,13H2,1-3H3,(H,27,29). The van der Waals surface area contributed by atoms with Gasteiger partial charge in [0.25, 0.3) is 10.0 Å². The molecule has 0 aliphatic heterocycles. The van der Waals surface area contributed by atoms with Gasteiger partial charge in [0.2, 0.25) is 5.91 Å². The van der Waals surface area contributed by atoms with Crippen LogP contribution in [0.5, 0.6) is 11.5 Å². The van der Waals surface area contributed by atoms with Crippen molar-refractivity contribution >= 4 is 62.1 Å². The Labute approximate surface area is 213 Å². The van der Waals surface area contributed by atoms with Gasteiger partial charge in [0, 0.05) is 15.7 Å². The van der Waals surface area contributed by atoms with Gasteiger partial charge in [-0.25, -0.2) is 8.42 Å². The lowest BCUT2D eigenvalue weighted by atomic mass is 10.2. The van der Waals surface area contributed by atoms with Gasteiger partial charge in [-0.3, -0.25) is 9.10 Å². The molecule has 0 radical (unpaired) electrons. The maximum Gasteiger partial charge on any atom is 0.268 e. The molecule has 3 aromatic rings. The fourth-order valence-electron chi connectivity index (χ4n) is 3.18. The number of anilines is 2. The summed E-state index contributed by atoms with van der Waals surface area (Å²) in [6, 6.07) is 13.7. The van der Waals surface area contributed by atoms with Crippen LogP contribution in [0, 0.1) is 6.92 Å². The van der Waals surface area contributed by atoms with E-state index in [0.29, 0.717) is 17.0 Å². The van der Waals surface area contributed by atoms with Crippen LogP contribution < -0.4 is 19.1 Å². The van der Waals surface area contributed by atoms with Gasteiger partial charge < -0.3 is 14.8 Å². The molecule has 180 valence electrons. The fourth-order valence-corrected chi connectivity index (χ4v) is 5.60. The molecule has 0 saturated heterocycles. The number of ether oxygens (including phenoxy) is 2. The summed E-state index contributed by atoms with van der Waals surface area (Å²) < 4.78 is 38.8. The van der Waals surface area contributed by atoms with E-state index in [-0.39, 0.29) is 31.4 Å². The van der Waals surface area contributed by atoms with Gasteiger partial charge in [-0.2, -0.15) is 0 Å². The summed E-state index contributed by atoms with van der Waals surface area (Å²) >= 11 is 18.4. The second kappa shape index (κ2) is 10.7. The molecule has 34 heavy (non-hydrogen) atoms. The first-order chi connectivity index (χ1) is 16.0. The summed E-state index contributed by atoms with van der Waals surface area (Å²) in [5.41, 5.74) is 1.18. The molecule has 0 bridgehead atoms. The number of benzene rings is 3. The van der Waals surface area contributed by atoms with Gasteiger partial charge >= 0.3 is 0 Å². The van der Waals surface area contributed by atoms with Gasteiger partial charge in [0.1, 0.15) is 22.9 Å². The number of nitrogens with zero attached hydrogens (tertiary/aromatic N) is 1. The van der Waals surface area contributed by atoms with E-state index >= 15 is 0 Å². The molecular formula is C23H21Cl3N2O5S. The number of hydrogen-bond donors (Lipinski definition) is 1. The molecule has 0 unspecified atom stereocenters. The van der Waals surface area contributed by atoms with Crippen molar-refractivity contribution in [3.8, 4) is 11.5 Å². The Morgan fingerprint density at radius 1 is 0.912 bits per heavy atom. The van der Waals surface area contributed by atoms with E-state index in [1.165, 1.54) is 44.6 Å². The Bertz CT molecular complexity index is 1310. The predicted octanol–water partition coefficient (Wildman–Crippen LogP) is 5.81. The van der Waals surface area contributed by atoms with Crippen molar-refractivity contribution in [2.45, 2.75) is 11.8 Å². The summed E-state index contributed by atoms with van der Waals surface area (Å²) in [5, 5.41) is 3.35. The lowest BCUT2D eigenvalue weighted by Crippen LogP contribution is -2.38. The Hall–Kier alpha value is -2.65. The summed E-state index contributed by atoms with van der Waals surface area (Å²) in [6.07, 6.45) is 0. The van der Waals surface area contributed by atoms with E-state index in [0.717, 1.165) is 4.31 Å². The van der Waals surface area contributed by atoms with Crippen LogP contribution in [0.2, 0.25) is 15.1 Å². The number of halogens is 3. The van der Waals surface area contributed by atoms with Crippen molar-refractivity contribution in [1.29, 1.82) is 0 Å². The molecule has 3 rings (SSSR count). The second-order valence-electron chi connectivity index (χ2n) is 7.19. The van der Waals surface area contributed by atoms with Gasteiger partial charge in [-0.05, 0) is 61.0 Å². The molecule has 11 heteroatoms. The SMILES string of the molecule is COc1ccc(NC(=O)CN(c2cc(Cl)cc(Cl)c2)S(=O)(=O)c2cc(C)ccc2OC)cc1Cl. The molecule has 0 heterocycles. The molecule has 0 aliphatic carbocycles. The largest absolute Gasteiger partial charge is 0.495 e. The smallest absolute Gasteiger partial charge is 0.268 e. The van der Waals surface area contributed by atoms with E-state index < -0.39 is 22.5 Å². The van der Waals surface area contributed by atoms with Crippen LogP contribution >= 0.6 is 34.8 Å². The Balaban J connectivity index is 2.03. The zero-order valence-corrected chi connectivity index (χ0v) is 21.5. The summed E-state index contributed by atoms with van der Waals surface area (Å²) in [5.74, 6) is -0.0532. The lowest BCUT2D eigenvalue weighted by molar-refractivity contribution is -0.114. The van der Waals surface area contributed by atoms with E-state index in [9.17, 15) is 13.2 Å². The average molecular weight is 544 g/mol. The maximum absolute atomic E-state index is 13.8. The average Bonchev–Trinajstić information content (AvgIpc) is 2.76. The minimum absolute atomic E-state index is 0.105. The van der Waals surface area contributed by atoms with E-state index in [1.54, 1.807) is 31.2 Å². The summed E-state index contributed by atoms with van der Waals surface area (Å²) in [4.78, 5) is 12.8. The number of aryl methyl sites for hydroxylation is 1. The van der Waals surface area contributed by atoms with Gasteiger partial charge in [0.05, 0.1) is 24.9 Å². The highest BCUT2D eigenvalue weighted by Crippen LogP contribution is 2.34. The van der Waals surface area contributed by atoms with Gasteiger partial charge in [-0.15, -0.1) is 0 Å². The number of rotatable bonds is 8. The third-order valence-electron chi connectivity index (χ3n) is 4.75. The monoisotopic (exact) mass is 542 g/mol. The summed E-state index contributed by atoms with van der Waals surface area (Å²) in [7, 11) is -1.44. The molecule has 0 fully saturated rings. The zero-order chi connectivity index (χ0) is 25.0. The number of sulfonamides is 1. The minimum Gasteiger partial charge on any atom is -0.495 e. The van der Waals surface area contributed by atoms with Crippen molar-refractivity contribution in [3.05, 3.63) is 75.2 Å². The molecule has 1 N–H and O–H groups in total. The van der Waals surface area contributed by atoms with Crippen LogP contribution in [-0.2, 0) is 14.8 Å². The first-order valence-electron chi connectivity index (χ1n) is 9.82. The molecule has 0 atom stereocenters. The highest BCUT2D eigenvalue weighted by atomic mass is 35.5. The lowest BCUT2D eigenvalue weighted by Gasteiger charge is -2.25. The van der Waals surface area contributed by atoms with Gasteiger partial charge in [-0.1, -0.05) is 40.9 Å². The first kappa shape index (κ1) is 26.0. The molecule has 0 aliphatic rings. The number of hydrogen-bond acceptors (Lipinski definition) is 5. The van der Waals surface area contributed by atoms with E-state index in [1.807, 2.05) is 0 Å². The number of nitrogens with one attached hydrogen (secondary N) is 1. The number of amides is 1. The highest BCUT2D eigenvalue weighted by molar-refractivity contribution is 7.93. The molecular weight excluding hydrogens is 523 g/mol. The Morgan fingerprint density at radius 2 is 1.53 bits per heavy atom. The van der Waals surface area contributed by atoms with Crippen molar-refractivity contribution in [1.82, 2.24) is 0 Å². The Kier molecular flexibility index (Phi) is 8.20. The molecule has 1 amide bonds. The predicted molar refractivity (Wildman–Crippen MR) is 135 cm³/mol. The molecule has 0 saturated carbocycles. The highest BCUT2D eigenvalue weighted by Gasteiger charge is 2.31. The minimum atomic E-state index is -4.27. The van der Waals surface area contributed by atoms with Gasteiger partial charge in [0.15, 0.2) is 0 Å². The second-order valence-corrected chi connectivity index (χ2v) is 10.3. The van der Waals surface area contributed by atoms with Crippen molar-refractivity contribution in [2.75, 3.05) is 30.4 Å². The molecule has 0 aromatic heterocycles. The van der Waals surface area contributed by atoms with Crippen molar-refractivity contribution in [2.24, 2.45) is 0 Å². The van der Waals surface area contributed by atoms with Crippen LogP contribution in [0.1, 0.15) is 5.56 Å². The molecule has 3 aromatic carbocycles. The third-order valence-corrected chi connectivity index (χ3v) is 7.27. The van der Waals surface area contributed by atoms with E-state index in [2.05, 4.69) is 5.32 Å². The van der Waals surface area contributed by atoms with Crippen LogP contribution in [0.3, 0.4) is 0 Å². The fraction of sp³-hybridized carbons (Fsp3) is 0.174. The van der Waals surface area contributed by atoms with Crippen molar-refractivity contribution in [3.63, 3.8) is 0 Å². The Morgan fingerprint density at radius 3 is 2.12 bits per heavy atom. The number of carbonyl (C=O) groups is 1. The number of carbonyl (C=O) groups excluding carboxylic acids is 1. The van der Waals surface area contributed by atoms with E-state index in [4.69, 9.17) is 44.3 Å². The molecule has 0 spiro atoms.